The molecule has 1 atom stereocenters. The van der Waals surface area contributed by atoms with Crippen LogP contribution in [0.5, 0.6) is 11.5 Å². The predicted molar refractivity (Wildman–Crippen MR) is 131 cm³/mol. The van der Waals surface area contributed by atoms with Gasteiger partial charge >= 0.3 is 0 Å². The van der Waals surface area contributed by atoms with E-state index in [4.69, 9.17) is 26.1 Å². The van der Waals surface area contributed by atoms with Crippen LogP contribution >= 0.6 is 11.6 Å². The Morgan fingerprint density at radius 1 is 0.906 bits per heavy atom. The lowest BCUT2D eigenvalue weighted by Gasteiger charge is -2.17. The van der Waals surface area contributed by atoms with Crippen molar-refractivity contribution in [1.82, 2.24) is 9.55 Å². The van der Waals surface area contributed by atoms with Gasteiger partial charge in [-0.05, 0) is 67.3 Å². The molecule has 0 fully saturated rings. The van der Waals surface area contributed by atoms with Crippen LogP contribution in [0.4, 0.5) is 0 Å². The second-order valence-electron chi connectivity index (χ2n) is 8.22. The van der Waals surface area contributed by atoms with Crippen molar-refractivity contribution < 1.29 is 9.47 Å². The van der Waals surface area contributed by atoms with Gasteiger partial charge in [0, 0.05) is 11.6 Å². The van der Waals surface area contributed by atoms with E-state index >= 15 is 0 Å². The van der Waals surface area contributed by atoms with E-state index in [1.54, 1.807) is 0 Å². The first-order valence-electron chi connectivity index (χ1n) is 11.1. The zero-order valence-corrected chi connectivity index (χ0v) is 19.5. The van der Waals surface area contributed by atoms with Crippen molar-refractivity contribution in [2.75, 3.05) is 6.61 Å². The number of benzene rings is 3. The smallest absolute Gasteiger partial charge is 0.153 e. The zero-order chi connectivity index (χ0) is 22.5. The number of aryl methyl sites for hydroxylation is 1. The van der Waals surface area contributed by atoms with Crippen LogP contribution in [-0.2, 0) is 6.54 Å². The number of halogens is 1. The van der Waals surface area contributed by atoms with Gasteiger partial charge in [0.1, 0.15) is 11.5 Å². The third-order valence-corrected chi connectivity index (χ3v) is 5.75. The fraction of sp³-hybridized carbons (Fsp3) is 0.296. The fourth-order valence-electron chi connectivity index (χ4n) is 3.90. The number of imidazole rings is 1. The Bertz CT molecular complexity index is 1170. The zero-order valence-electron chi connectivity index (χ0n) is 18.8. The van der Waals surface area contributed by atoms with Crippen molar-refractivity contribution in [2.24, 2.45) is 0 Å². The number of nitrogens with zero attached hydrogens (tertiary/aromatic N) is 2. The van der Waals surface area contributed by atoms with Gasteiger partial charge in [0.05, 0.1) is 17.6 Å². The van der Waals surface area contributed by atoms with E-state index in [0.29, 0.717) is 17.5 Å². The van der Waals surface area contributed by atoms with Crippen LogP contribution in [0.25, 0.3) is 11.0 Å². The van der Waals surface area contributed by atoms with Crippen molar-refractivity contribution in [3.63, 3.8) is 0 Å². The summed E-state index contributed by atoms with van der Waals surface area (Å²) < 4.78 is 14.6. The molecule has 0 spiro atoms. The molecule has 1 heterocycles. The summed E-state index contributed by atoms with van der Waals surface area (Å²) >= 11 is 6.00. The number of aromatic nitrogens is 2. The highest BCUT2D eigenvalue weighted by molar-refractivity contribution is 6.30. The van der Waals surface area contributed by atoms with E-state index in [9.17, 15) is 0 Å². The van der Waals surface area contributed by atoms with Gasteiger partial charge in [-0.3, -0.25) is 0 Å². The van der Waals surface area contributed by atoms with E-state index in [0.717, 1.165) is 41.3 Å². The van der Waals surface area contributed by atoms with Crippen molar-refractivity contribution in [2.45, 2.75) is 45.8 Å². The molecule has 0 saturated carbocycles. The van der Waals surface area contributed by atoms with Crippen molar-refractivity contribution in [1.29, 1.82) is 0 Å². The average molecular weight is 449 g/mol. The highest BCUT2D eigenvalue weighted by Gasteiger charge is 2.18. The van der Waals surface area contributed by atoms with Crippen LogP contribution in [0, 0.1) is 0 Å². The van der Waals surface area contributed by atoms with E-state index in [1.165, 1.54) is 5.56 Å². The summed E-state index contributed by atoms with van der Waals surface area (Å²) in [7, 11) is 0. The van der Waals surface area contributed by atoms with Gasteiger partial charge in [-0.2, -0.15) is 0 Å². The third kappa shape index (κ3) is 5.08. The molecule has 1 aromatic heterocycles. The monoisotopic (exact) mass is 448 g/mol. The van der Waals surface area contributed by atoms with E-state index in [2.05, 4.69) is 42.7 Å². The van der Waals surface area contributed by atoms with Gasteiger partial charge in [0.15, 0.2) is 11.9 Å². The minimum atomic E-state index is -0.203. The van der Waals surface area contributed by atoms with Crippen LogP contribution in [-0.4, -0.2) is 16.2 Å². The molecule has 0 aliphatic rings. The molecule has 4 aromatic rings. The summed E-state index contributed by atoms with van der Waals surface area (Å²) in [5.74, 6) is 3.08. The molecule has 3 aromatic carbocycles. The maximum absolute atomic E-state index is 6.17. The lowest BCUT2D eigenvalue weighted by atomic mass is 10.0. The number of fused-ring (bicyclic) bond motifs is 1. The number of rotatable bonds is 9. The molecule has 5 heteroatoms. The van der Waals surface area contributed by atoms with Gasteiger partial charge in [-0.15, -0.1) is 0 Å². The Morgan fingerprint density at radius 2 is 1.62 bits per heavy atom. The Morgan fingerprint density at radius 3 is 2.41 bits per heavy atom. The van der Waals surface area contributed by atoms with E-state index < -0.39 is 0 Å². The first kappa shape index (κ1) is 22.2. The van der Waals surface area contributed by atoms with Gasteiger partial charge < -0.3 is 14.0 Å². The predicted octanol–water partition coefficient (Wildman–Crippen LogP) is 7.42. The average Bonchev–Trinajstić information content (AvgIpc) is 3.17. The summed E-state index contributed by atoms with van der Waals surface area (Å²) in [5.41, 5.74) is 3.32. The Labute approximate surface area is 194 Å². The Balaban J connectivity index is 1.48. The summed E-state index contributed by atoms with van der Waals surface area (Å²) in [6.07, 6.45) is 0.666. The summed E-state index contributed by atoms with van der Waals surface area (Å²) in [6, 6.07) is 23.9. The molecule has 0 N–H and O–H groups in total. The molecule has 32 heavy (non-hydrogen) atoms. The van der Waals surface area contributed by atoms with Crippen LogP contribution in [0.1, 0.15) is 50.6 Å². The summed E-state index contributed by atoms with van der Waals surface area (Å²) in [6.45, 7) is 7.85. The molecule has 0 saturated heterocycles. The third-order valence-electron chi connectivity index (χ3n) is 5.50. The minimum Gasteiger partial charge on any atom is -0.493 e. The lowest BCUT2D eigenvalue weighted by Crippen LogP contribution is -2.13. The molecule has 0 bridgehead atoms. The van der Waals surface area contributed by atoms with Gasteiger partial charge in [-0.1, -0.05) is 55.8 Å². The number of para-hydroxylation sites is 3. The van der Waals surface area contributed by atoms with Crippen LogP contribution in [0.2, 0.25) is 5.02 Å². The highest BCUT2D eigenvalue weighted by atomic mass is 35.5. The standard InChI is InChI=1S/C27H29ClN2O2/c1-19(2)23-9-4-7-12-26(23)31-18-8-17-30-25-11-6-5-10-24(25)29-27(30)20(3)32-22-15-13-21(28)14-16-22/h4-7,9-16,19-20H,8,17-18H2,1-3H3. The summed E-state index contributed by atoms with van der Waals surface area (Å²) in [5, 5.41) is 0.691. The molecular weight excluding hydrogens is 420 g/mol. The summed E-state index contributed by atoms with van der Waals surface area (Å²) in [4.78, 5) is 4.87. The highest BCUT2D eigenvalue weighted by Crippen LogP contribution is 2.28. The normalized spacial score (nSPS) is 12.3. The molecule has 4 nitrogen and oxygen atoms in total. The first-order valence-corrected chi connectivity index (χ1v) is 11.5. The molecule has 1 unspecified atom stereocenters. The number of hydrogen-bond donors (Lipinski definition) is 0. The van der Waals surface area contributed by atoms with Crippen LogP contribution < -0.4 is 9.47 Å². The molecule has 0 aliphatic heterocycles. The topological polar surface area (TPSA) is 36.3 Å². The molecule has 0 aliphatic carbocycles. The number of hydrogen-bond acceptors (Lipinski definition) is 3. The van der Waals surface area contributed by atoms with Gasteiger partial charge in [0.2, 0.25) is 0 Å². The Hall–Kier alpha value is -2.98. The fourth-order valence-corrected chi connectivity index (χ4v) is 4.03. The van der Waals surface area contributed by atoms with Crippen molar-refractivity contribution >= 4 is 22.6 Å². The SMILES string of the molecule is CC(C)c1ccccc1OCCCn1c(C(C)Oc2ccc(Cl)cc2)nc2ccccc21. The van der Waals surface area contributed by atoms with E-state index in [1.807, 2.05) is 55.5 Å². The van der Waals surface area contributed by atoms with E-state index in [-0.39, 0.29) is 6.10 Å². The second-order valence-corrected chi connectivity index (χ2v) is 8.66. The van der Waals surface area contributed by atoms with Crippen LogP contribution in [0.15, 0.2) is 72.8 Å². The minimum absolute atomic E-state index is 0.203. The maximum atomic E-state index is 6.17. The van der Waals surface area contributed by atoms with Crippen molar-refractivity contribution in [3.05, 3.63) is 89.2 Å². The molecular formula is C27H29ClN2O2. The Kier molecular flexibility index (Phi) is 7.01. The molecule has 0 amide bonds. The maximum Gasteiger partial charge on any atom is 0.153 e. The van der Waals surface area contributed by atoms with Gasteiger partial charge in [-0.25, -0.2) is 4.98 Å². The lowest BCUT2D eigenvalue weighted by molar-refractivity contribution is 0.210. The molecule has 0 radical (unpaired) electrons. The van der Waals surface area contributed by atoms with Crippen LogP contribution in [0.3, 0.4) is 0 Å². The molecule has 166 valence electrons. The van der Waals surface area contributed by atoms with Gasteiger partial charge in [0.25, 0.3) is 0 Å². The quantitative estimate of drug-likeness (QED) is 0.250. The number of ether oxygens (including phenoxy) is 2. The van der Waals surface area contributed by atoms with Crippen molar-refractivity contribution in [3.8, 4) is 11.5 Å². The molecule has 4 rings (SSSR count). The largest absolute Gasteiger partial charge is 0.493 e. The second kappa shape index (κ2) is 10.1. The first-order chi connectivity index (χ1) is 15.5.